The minimum absolute atomic E-state index is 0. The van der Waals surface area contributed by atoms with E-state index in [0.29, 0.717) is 12.2 Å². The summed E-state index contributed by atoms with van der Waals surface area (Å²) >= 11 is 1.75. The van der Waals surface area contributed by atoms with Gasteiger partial charge in [-0.25, -0.2) is 9.98 Å². The molecule has 0 bridgehead atoms. The average Bonchev–Trinajstić information content (AvgIpc) is 3.38. The zero-order valence-corrected chi connectivity index (χ0v) is 21.0. The van der Waals surface area contributed by atoms with Gasteiger partial charge in [0.2, 0.25) is 0 Å². The lowest BCUT2D eigenvalue weighted by Crippen LogP contribution is -2.38. The number of benzene rings is 1. The van der Waals surface area contributed by atoms with Gasteiger partial charge in [0.25, 0.3) is 5.91 Å². The largest absolute Gasteiger partial charge is 0.459 e. The number of halogens is 1. The molecule has 31 heavy (non-hydrogen) atoms. The van der Waals surface area contributed by atoms with Crippen LogP contribution in [0.4, 0.5) is 5.69 Å². The highest BCUT2D eigenvalue weighted by Crippen LogP contribution is 2.16. The van der Waals surface area contributed by atoms with Crippen molar-refractivity contribution in [3.8, 4) is 0 Å². The summed E-state index contributed by atoms with van der Waals surface area (Å²) in [6.45, 7) is 8.29. The second-order valence-electron chi connectivity index (χ2n) is 6.75. The minimum Gasteiger partial charge on any atom is -0.459 e. The number of aliphatic imine (C=N–C) groups is 1. The van der Waals surface area contributed by atoms with Crippen molar-refractivity contribution in [2.45, 2.75) is 33.7 Å². The molecule has 1 aromatic carbocycles. The lowest BCUT2D eigenvalue weighted by Gasteiger charge is -2.11. The molecule has 1 amide bonds. The van der Waals surface area contributed by atoms with Crippen LogP contribution in [0.5, 0.6) is 0 Å². The highest BCUT2D eigenvalue weighted by Gasteiger charge is 2.08. The van der Waals surface area contributed by atoms with Gasteiger partial charge >= 0.3 is 0 Å². The van der Waals surface area contributed by atoms with Gasteiger partial charge in [-0.05, 0) is 50.6 Å². The van der Waals surface area contributed by atoms with Gasteiger partial charge in [-0.3, -0.25) is 4.79 Å². The van der Waals surface area contributed by atoms with Crippen LogP contribution in [0.3, 0.4) is 0 Å². The maximum Gasteiger partial charge on any atom is 0.291 e. The Morgan fingerprint density at radius 3 is 2.55 bits per heavy atom. The van der Waals surface area contributed by atoms with Crippen LogP contribution in [0, 0.1) is 13.8 Å². The van der Waals surface area contributed by atoms with E-state index in [1.807, 2.05) is 38.1 Å². The number of rotatable bonds is 8. The molecule has 0 aliphatic carbocycles. The highest BCUT2D eigenvalue weighted by atomic mass is 127. The molecule has 9 heteroatoms. The fourth-order valence-corrected chi connectivity index (χ4v) is 3.67. The van der Waals surface area contributed by atoms with Crippen molar-refractivity contribution in [1.82, 2.24) is 15.6 Å². The lowest BCUT2D eigenvalue weighted by atomic mass is 10.2. The quantitative estimate of drug-likeness (QED) is 0.217. The Labute approximate surface area is 203 Å². The van der Waals surface area contributed by atoms with E-state index in [-0.39, 0.29) is 35.6 Å². The number of carbonyl (C=O) groups is 1. The first-order valence-corrected chi connectivity index (χ1v) is 10.8. The van der Waals surface area contributed by atoms with Gasteiger partial charge in [-0.1, -0.05) is 12.1 Å². The number of nitrogens with one attached hydrogen (secondary N) is 3. The number of furan rings is 1. The molecule has 7 nitrogen and oxygen atoms in total. The van der Waals surface area contributed by atoms with E-state index in [2.05, 4.69) is 32.9 Å². The molecule has 0 unspecified atom stereocenters. The molecular weight excluding hydrogens is 525 g/mol. The van der Waals surface area contributed by atoms with E-state index in [1.165, 1.54) is 11.1 Å². The predicted octanol–water partition coefficient (Wildman–Crippen LogP) is 4.52. The predicted molar refractivity (Wildman–Crippen MR) is 137 cm³/mol. The topological polar surface area (TPSA) is 91.5 Å². The summed E-state index contributed by atoms with van der Waals surface area (Å²) in [5.74, 6) is 0.792. The van der Waals surface area contributed by atoms with Gasteiger partial charge in [0.15, 0.2) is 11.7 Å². The fourth-order valence-electron chi connectivity index (χ4n) is 2.74. The summed E-state index contributed by atoms with van der Waals surface area (Å²) < 4.78 is 5.10. The molecule has 0 saturated carbocycles. The number of aromatic nitrogens is 1. The third-order valence-corrected chi connectivity index (χ3v) is 5.56. The second kappa shape index (κ2) is 12.5. The van der Waals surface area contributed by atoms with Crippen molar-refractivity contribution in [3.05, 3.63) is 69.6 Å². The number of guanidine groups is 1. The molecule has 0 aliphatic heterocycles. The van der Waals surface area contributed by atoms with Gasteiger partial charge in [-0.15, -0.1) is 35.3 Å². The van der Waals surface area contributed by atoms with Gasteiger partial charge in [0.05, 0.1) is 23.5 Å². The van der Waals surface area contributed by atoms with E-state index < -0.39 is 0 Å². The molecule has 2 aromatic heterocycles. The maximum atomic E-state index is 12.0. The number of aryl methyl sites for hydroxylation is 2. The van der Waals surface area contributed by atoms with Crippen LogP contribution < -0.4 is 16.0 Å². The molecular formula is C22H28IN5O2S. The van der Waals surface area contributed by atoms with Crippen LogP contribution in [0.2, 0.25) is 0 Å². The normalized spacial score (nSPS) is 11.0. The van der Waals surface area contributed by atoms with Crippen LogP contribution >= 0.6 is 35.3 Å². The smallest absolute Gasteiger partial charge is 0.291 e. The standard InChI is InChI=1S/C22H27N5O2S.HI/c1-4-23-22(24-12-11-20-26-15(2)16(3)30-20)25-14-17-7-9-18(10-8-17)27-21(28)19-6-5-13-29-19;/h5-10,13H,4,11-12,14H2,1-3H3,(H,27,28)(H2,23,24,25);1H. The molecule has 3 rings (SSSR count). The van der Waals surface area contributed by atoms with E-state index in [0.717, 1.165) is 41.7 Å². The van der Waals surface area contributed by atoms with Crippen molar-refractivity contribution in [2.75, 3.05) is 18.4 Å². The van der Waals surface area contributed by atoms with Crippen molar-refractivity contribution >= 4 is 52.9 Å². The van der Waals surface area contributed by atoms with Crippen LogP contribution in [0.15, 0.2) is 52.1 Å². The second-order valence-corrected chi connectivity index (χ2v) is 8.04. The summed E-state index contributed by atoms with van der Waals surface area (Å²) in [4.78, 5) is 22.5. The Kier molecular flexibility index (Phi) is 9.99. The van der Waals surface area contributed by atoms with E-state index in [9.17, 15) is 4.79 Å². The Hall–Kier alpha value is -2.40. The zero-order chi connectivity index (χ0) is 21.3. The number of anilines is 1. The molecule has 0 fully saturated rings. The molecule has 0 spiro atoms. The Balaban J connectivity index is 0.00000341. The number of nitrogens with zero attached hydrogens (tertiary/aromatic N) is 2. The number of hydrogen-bond donors (Lipinski definition) is 3. The molecule has 0 aliphatic rings. The molecule has 3 aromatic rings. The van der Waals surface area contributed by atoms with Gasteiger partial charge in [-0.2, -0.15) is 0 Å². The van der Waals surface area contributed by atoms with Gasteiger partial charge < -0.3 is 20.4 Å². The van der Waals surface area contributed by atoms with E-state index in [1.54, 1.807) is 23.5 Å². The minimum atomic E-state index is -0.268. The first-order chi connectivity index (χ1) is 14.5. The van der Waals surface area contributed by atoms with Crippen LogP contribution in [-0.2, 0) is 13.0 Å². The molecule has 0 saturated heterocycles. The van der Waals surface area contributed by atoms with Crippen molar-refractivity contribution in [1.29, 1.82) is 0 Å². The Morgan fingerprint density at radius 2 is 1.94 bits per heavy atom. The molecule has 0 radical (unpaired) electrons. The fraction of sp³-hybridized carbons (Fsp3) is 0.318. The molecule has 166 valence electrons. The average molecular weight is 553 g/mol. The summed E-state index contributed by atoms with van der Waals surface area (Å²) in [7, 11) is 0. The monoisotopic (exact) mass is 553 g/mol. The van der Waals surface area contributed by atoms with Crippen molar-refractivity contribution in [2.24, 2.45) is 4.99 Å². The van der Waals surface area contributed by atoms with Crippen molar-refractivity contribution < 1.29 is 9.21 Å². The maximum absolute atomic E-state index is 12.0. The zero-order valence-electron chi connectivity index (χ0n) is 17.9. The van der Waals surface area contributed by atoms with Crippen molar-refractivity contribution in [3.63, 3.8) is 0 Å². The SMILES string of the molecule is CCNC(=NCc1ccc(NC(=O)c2ccco2)cc1)NCCc1nc(C)c(C)s1.I. The molecule has 0 atom stereocenters. The Bertz CT molecular complexity index is 965. The van der Waals surface area contributed by atoms with Crippen LogP contribution in [0.1, 0.15) is 38.6 Å². The summed E-state index contributed by atoms with van der Waals surface area (Å²) in [6, 6.07) is 10.9. The van der Waals surface area contributed by atoms with E-state index in [4.69, 9.17) is 4.42 Å². The summed E-state index contributed by atoms with van der Waals surface area (Å²) in [5, 5.41) is 10.6. The Morgan fingerprint density at radius 1 is 1.16 bits per heavy atom. The highest BCUT2D eigenvalue weighted by molar-refractivity contribution is 14.0. The summed E-state index contributed by atoms with van der Waals surface area (Å²) in [5.41, 5.74) is 2.87. The number of carbonyl (C=O) groups excluding carboxylic acids is 1. The van der Waals surface area contributed by atoms with E-state index >= 15 is 0 Å². The van der Waals surface area contributed by atoms with Gasteiger partial charge in [0, 0.05) is 30.1 Å². The molecule has 2 heterocycles. The van der Waals surface area contributed by atoms with Crippen LogP contribution in [-0.4, -0.2) is 29.9 Å². The number of thiazole rings is 1. The first-order valence-electron chi connectivity index (χ1n) is 9.94. The van der Waals surface area contributed by atoms with Crippen LogP contribution in [0.25, 0.3) is 0 Å². The number of amides is 1. The first kappa shape index (κ1) is 24.9. The third-order valence-electron chi connectivity index (χ3n) is 4.42. The number of hydrogen-bond acceptors (Lipinski definition) is 5. The van der Waals surface area contributed by atoms with Gasteiger partial charge in [0.1, 0.15) is 0 Å². The molecule has 3 N–H and O–H groups in total. The summed E-state index contributed by atoms with van der Waals surface area (Å²) in [6.07, 6.45) is 2.35. The lowest BCUT2D eigenvalue weighted by molar-refractivity contribution is 0.0996. The third kappa shape index (κ3) is 7.66.